The summed E-state index contributed by atoms with van der Waals surface area (Å²) in [4.78, 5) is 15.0. The van der Waals surface area contributed by atoms with Crippen LogP contribution in [0.2, 0.25) is 0 Å². The van der Waals surface area contributed by atoms with Gasteiger partial charge in [-0.15, -0.1) is 12.4 Å². The van der Waals surface area contributed by atoms with Crippen LogP contribution in [0.4, 0.5) is 0 Å². The zero-order valence-corrected chi connectivity index (χ0v) is 14.7. The van der Waals surface area contributed by atoms with Gasteiger partial charge in [-0.05, 0) is 44.2 Å². The van der Waals surface area contributed by atoms with Crippen LogP contribution < -0.4 is 5.32 Å². The Balaban J connectivity index is 0.00000192. The molecule has 1 saturated heterocycles. The van der Waals surface area contributed by atoms with Gasteiger partial charge in [0.2, 0.25) is 5.91 Å². The summed E-state index contributed by atoms with van der Waals surface area (Å²) in [5, 5.41) is 3.46. The van der Waals surface area contributed by atoms with Crippen LogP contribution in [0.5, 0.6) is 0 Å². The van der Waals surface area contributed by atoms with Crippen molar-refractivity contribution < 1.29 is 4.79 Å². The summed E-state index contributed by atoms with van der Waals surface area (Å²) in [6.07, 6.45) is 8.97. The van der Waals surface area contributed by atoms with Crippen molar-refractivity contribution in [3.05, 3.63) is 35.9 Å². The van der Waals surface area contributed by atoms with Crippen LogP contribution in [-0.2, 0) is 11.2 Å². The Morgan fingerprint density at radius 2 is 1.83 bits per heavy atom. The Hall–Kier alpha value is -1.06. The number of benzene rings is 1. The number of nitrogens with one attached hydrogen (secondary N) is 1. The first-order chi connectivity index (χ1) is 10.8. The predicted molar refractivity (Wildman–Crippen MR) is 97.0 cm³/mol. The second kappa shape index (κ2) is 9.29. The molecular weight excluding hydrogens is 308 g/mol. The minimum absolute atomic E-state index is 0. The summed E-state index contributed by atoms with van der Waals surface area (Å²) in [5.74, 6) is 0.363. The molecule has 3 rings (SSSR count). The number of amides is 1. The van der Waals surface area contributed by atoms with Crippen molar-refractivity contribution >= 4 is 18.3 Å². The van der Waals surface area contributed by atoms with Crippen molar-refractivity contribution in [1.82, 2.24) is 10.2 Å². The lowest BCUT2D eigenvalue weighted by atomic mass is 10.1. The molecule has 23 heavy (non-hydrogen) atoms. The molecule has 0 spiro atoms. The van der Waals surface area contributed by atoms with Gasteiger partial charge in [0, 0.05) is 25.0 Å². The molecule has 1 aliphatic heterocycles. The lowest BCUT2D eigenvalue weighted by Gasteiger charge is -2.30. The van der Waals surface area contributed by atoms with Gasteiger partial charge in [0.05, 0.1) is 0 Å². The molecule has 1 N–H and O–H groups in total. The van der Waals surface area contributed by atoms with Gasteiger partial charge < -0.3 is 10.2 Å². The van der Waals surface area contributed by atoms with Gasteiger partial charge >= 0.3 is 0 Å². The summed E-state index contributed by atoms with van der Waals surface area (Å²) >= 11 is 0. The van der Waals surface area contributed by atoms with Gasteiger partial charge in [0.25, 0.3) is 0 Å². The molecular formula is C19H29ClN2O. The Morgan fingerprint density at radius 3 is 2.48 bits per heavy atom. The summed E-state index contributed by atoms with van der Waals surface area (Å²) in [5.41, 5.74) is 1.33. The van der Waals surface area contributed by atoms with E-state index >= 15 is 0 Å². The minimum Gasteiger partial charge on any atom is -0.339 e. The number of nitrogens with zero attached hydrogens (tertiary/aromatic N) is 1. The molecule has 0 bridgehead atoms. The minimum atomic E-state index is 0. The quantitative estimate of drug-likeness (QED) is 0.861. The van der Waals surface area contributed by atoms with Crippen LogP contribution in [0.15, 0.2) is 30.3 Å². The summed E-state index contributed by atoms with van der Waals surface area (Å²) < 4.78 is 0. The molecule has 1 aromatic carbocycles. The monoisotopic (exact) mass is 336 g/mol. The maximum absolute atomic E-state index is 12.8. The third-order valence-electron chi connectivity index (χ3n) is 5.15. The lowest BCUT2D eigenvalue weighted by molar-refractivity contribution is -0.133. The number of halogens is 1. The first-order valence-electron chi connectivity index (χ1n) is 8.90. The van der Waals surface area contributed by atoms with Crippen LogP contribution in [-0.4, -0.2) is 36.0 Å². The summed E-state index contributed by atoms with van der Waals surface area (Å²) in [7, 11) is 0. The second-order valence-corrected chi connectivity index (χ2v) is 6.76. The van der Waals surface area contributed by atoms with E-state index in [0.717, 1.165) is 25.9 Å². The van der Waals surface area contributed by atoms with Gasteiger partial charge in [0.15, 0.2) is 0 Å². The topological polar surface area (TPSA) is 32.3 Å². The molecule has 0 radical (unpaired) electrons. The molecule has 1 saturated carbocycles. The fourth-order valence-electron chi connectivity index (χ4n) is 3.88. The number of carbonyl (C=O) groups excluding carboxylic acids is 1. The number of carbonyl (C=O) groups is 1. The van der Waals surface area contributed by atoms with Crippen molar-refractivity contribution in [3.8, 4) is 0 Å². The van der Waals surface area contributed by atoms with Crippen molar-refractivity contribution in [3.63, 3.8) is 0 Å². The van der Waals surface area contributed by atoms with E-state index < -0.39 is 0 Å². The van der Waals surface area contributed by atoms with E-state index in [-0.39, 0.29) is 12.4 Å². The highest BCUT2D eigenvalue weighted by Gasteiger charge is 2.28. The molecule has 1 atom stereocenters. The summed E-state index contributed by atoms with van der Waals surface area (Å²) in [6, 6.07) is 11.4. The van der Waals surface area contributed by atoms with Crippen LogP contribution in [0, 0.1) is 0 Å². The van der Waals surface area contributed by atoms with Crippen molar-refractivity contribution in [2.24, 2.45) is 0 Å². The van der Waals surface area contributed by atoms with Crippen molar-refractivity contribution in [2.75, 3.05) is 13.1 Å². The van der Waals surface area contributed by atoms with Gasteiger partial charge in [-0.3, -0.25) is 4.79 Å². The molecule has 1 amide bonds. The molecule has 1 aromatic rings. The maximum Gasteiger partial charge on any atom is 0.224 e. The number of rotatable bonds is 6. The van der Waals surface area contributed by atoms with Gasteiger partial charge in [-0.2, -0.15) is 0 Å². The van der Waals surface area contributed by atoms with Crippen molar-refractivity contribution in [2.45, 2.75) is 63.5 Å². The average molecular weight is 337 g/mol. The Bertz CT molecular complexity index is 468. The maximum atomic E-state index is 12.8. The smallest absolute Gasteiger partial charge is 0.224 e. The molecule has 1 heterocycles. The molecule has 1 aliphatic carbocycles. The first kappa shape index (κ1) is 18.3. The van der Waals surface area contributed by atoms with E-state index in [9.17, 15) is 4.79 Å². The Labute approximate surface area is 146 Å². The summed E-state index contributed by atoms with van der Waals surface area (Å²) in [6.45, 7) is 1.95. The number of hydrogen-bond donors (Lipinski definition) is 1. The molecule has 1 unspecified atom stereocenters. The second-order valence-electron chi connectivity index (χ2n) is 6.76. The Kier molecular flexibility index (Phi) is 7.38. The molecule has 2 fully saturated rings. The zero-order chi connectivity index (χ0) is 15.2. The third-order valence-corrected chi connectivity index (χ3v) is 5.15. The standard InChI is InChI=1S/C19H28N2O.ClH/c22-19(15-17-9-6-13-20-17)21(18-10-4-5-11-18)14-12-16-7-2-1-3-8-16;/h1-3,7-8,17-18,20H,4-6,9-15H2;1H. The normalized spacial score (nSPS) is 21.1. The van der Waals surface area contributed by atoms with Crippen LogP contribution >= 0.6 is 12.4 Å². The highest BCUT2D eigenvalue weighted by atomic mass is 35.5. The van der Waals surface area contributed by atoms with E-state index in [0.29, 0.717) is 24.4 Å². The molecule has 0 aromatic heterocycles. The SMILES string of the molecule is Cl.O=C(CC1CCCN1)N(CCc1ccccc1)C1CCCC1. The van der Waals surface area contributed by atoms with Gasteiger partial charge in [0.1, 0.15) is 0 Å². The van der Waals surface area contributed by atoms with Gasteiger partial charge in [-0.1, -0.05) is 43.2 Å². The first-order valence-corrected chi connectivity index (χ1v) is 8.90. The molecule has 2 aliphatic rings. The van der Waals surface area contributed by atoms with Gasteiger partial charge in [-0.25, -0.2) is 0 Å². The highest BCUT2D eigenvalue weighted by Crippen LogP contribution is 2.25. The van der Waals surface area contributed by atoms with Crippen LogP contribution in [0.1, 0.15) is 50.5 Å². The molecule has 128 valence electrons. The zero-order valence-electron chi connectivity index (χ0n) is 13.9. The fraction of sp³-hybridized carbons (Fsp3) is 0.632. The molecule has 3 nitrogen and oxygen atoms in total. The largest absolute Gasteiger partial charge is 0.339 e. The van der Waals surface area contributed by atoms with E-state index in [4.69, 9.17) is 0 Å². The lowest BCUT2D eigenvalue weighted by Crippen LogP contribution is -2.42. The van der Waals surface area contributed by atoms with Crippen molar-refractivity contribution in [1.29, 1.82) is 0 Å². The Morgan fingerprint density at radius 1 is 1.09 bits per heavy atom. The third kappa shape index (κ3) is 5.22. The van der Waals surface area contributed by atoms with Crippen LogP contribution in [0.3, 0.4) is 0 Å². The van der Waals surface area contributed by atoms with Crippen LogP contribution in [0.25, 0.3) is 0 Å². The number of hydrogen-bond acceptors (Lipinski definition) is 2. The fourth-order valence-corrected chi connectivity index (χ4v) is 3.88. The average Bonchev–Trinajstić information content (AvgIpc) is 3.22. The highest BCUT2D eigenvalue weighted by molar-refractivity contribution is 5.85. The van der Waals surface area contributed by atoms with E-state index in [1.54, 1.807) is 0 Å². The van der Waals surface area contributed by atoms with E-state index in [2.05, 4.69) is 40.5 Å². The van der Waals surface area contributed by atoms with E-state index in [1.165, 1.54) is 37.7 Å². The predicted octanol–water partition coefficient (Wildman–Crippen LogP) is 3.56. The molecule has 4 heteroatoms. The van der Waals surface area contributed by atoms with E-state index in [1.807, 2.05) is 0 Å².